The number of benzene rings is 3. The molecule has 4 nitrogen and oxygen atoms in total. The second-order valence-corrected chi connectivity index (χ2v) is 8.21. The van der Waals surface area contributed by atoms with Gasteiger partial charge in [0, 0.05) is 19.5 Å². The minimum atomic E-state index is -0.710. The van der Waals surface area contributed by atoms with E-state index in [1.807, 2.05) is 68.4 Å². The van der Waals surface area contributed by atoms with Crippen LogP contribution in [0.5, 0.6) is 0 Å². The van der Waals surface area contributed by atoms with Crippen LogP contribution in [-0.4, -0.2) is 29.3 Å². The summed E-state index contributed by atoms with van der Waals surface area (Å²) in [6, 6.07) is 23.0. The zero-order chi connectivity index (χ0) is 23.6. The molecule has 3 rings (SSSR count). The number of halogens is 1. The first-order valence-electron chi connectivity index (χ1n) is 11.4. The molecule has 0 unspecified atom stereocenters. The average molecular weight is 447 g/mol. The van der Waals surface area contributed by atoms with Crippen molar-refractivity contribution in [2.75, 3.05) is 6.54 Å². The molecule has 0 spiro atoms. The van der Waals surface area contributed by atoms with E-state index >= 15 is 0 Å². The lowest BCUT2D eigenvalue weighted by Crippen LogP contribution is -2.51. The van der Waals surface area contributed by atoms with Gasteiger partial charge in [0.15, 0.2) is 0 Å². The maximum atomic E-state index is 14.3. The van der Waals surface area contributed by atoms with E-state index in [4.69, 9.17) is 0 Å². The highest BCUT2D eigenvalue weighted by Crippen LogP contribution is 2.19. The largest absolute Gasteiger partial charge is 0.354 e. The summed E-state index contributed by atoms with van der Waals surface area (Å²) in [5.74, 6) is -0.899. The molecule has 0 fully saturated rings. The summed E-state index contributed by atoms with van der Waals surface area (Å²) in [5, 5.41) is 2.96. The third-order valence-electron chi connectivity index (χ3n) is 5.72. The van der Waals surface area contributed by atoms with Crippen molar-refractivity contribution in [2.45, 2.75) is 45.7 Å². The second-order valence-electron chi connectivity index (χ2n) is 8.21. The molecule has 0 aromatic heterocycles. The molecule has 0 saturated carbocycles. The fourth-order valence-corrected chi connectivity index (χ4v) is 3.80. The van der Waals surface area contributed by atoms with Gasteiger partial charge in [-0.1, -0.05) is 79.7 Å². The lowest BCUT2D eigenvalue weighted by molar-refractivity contribution is -0.140. The normalized spacial score (nSPS) is 11.6. The number of rotatable bonds is 10. The van der Waals surface area contributed by atoms with E-state index in [0.717, 1.165) is 23.1 Å². The number of nitrogens with one attached hydrogen (secondary N) is 1. The van der Waals surface area contributed by atoms with Crippen molar-refractivity contribution in [3.8, 4) is 0 Å². The molecule has 0 saturated heterocycles. The number of carbonyl (C=O) groups excluding carboxylic acids is 2. The summed E-state index contributed by atoms with van der Waals surface area (Å²) in [7, 11) is 0. The Morgan fingerprint density at radius 1 is 0.909 bits per heavy atom. The minimum Gasteiger partial charge on any atom is -0.354 e. The summed E-state index contributed by atoms with van der Waals surface area (Å²) in [6.45, 7) is 4.78. The molecule has 2 amide bonds. The summed E-state index contributed by atoms with van der Waals surface area (Å²) in [4.78, 5) is 28.4. The first kappa shape index (κ1) is 24.2. The van der Waals surface area contributed by atoms with Crippen LogP contribution in [-0.2, 0) is 29.0 Å². The molecule has 0 radical (unpaired) electrons. The second kappa shape index (κ2) is 12.0. The SMILES string of the molecule is CCCNC(=O)[C@@H](Cc1ccccc1)N(Cc1ccccc1C)C(=O)Cc1ccccc1F. The van der Waals surface area contributed by atoms with Crippen molar-refractivity contribution in [1.82, 2.24) is 10.2 Å². The van der Waals surface area contributed by atoms with E-state index in [1.54, 1.807) is 23.1 Å². The monoisotopic (exact) mass is 446 g/mol. The third kappa shape index (κ3) is 6.75. The van der Waals surface area contributed by atoms with Crippen molar-refractivity contribution in [1.29, 1.82) is 0 Å². The van der Waals surface area contributed by atoms with E-state index in [0.29, 0.717) is 18.5 Å². The molecule has 172 valence electrons. The van der Waals surface area contributed by atoms with Crippen LogP contribution in [0.15, 0.2) is 78.9 Å². The first-order chi connectivity index (χ1) is 16.0. The molecule has 3 aromatic rings. The van der Waals surface area contributed by atoms with Gasteiger partial charge in [0.25, 0.3) is 0 Å². The molecule has 5 heteroatoms. The summed E-state index contributed by atoms with van der Waals surface area (Å²) >= 11 is 0. The highest BCUT2D eigenvalue weighted by atomic mass is 19.1. The van der Waals surface area contributed by atoms with Crippen molar-refractivity contribution < 1.29 is 14.0 Å². The maximum Gasteiger partial charge on any atom is 0.243 e. The fourth-order valence-electron chi connectivity index (χ4n) is 3.80. The van der Waals surface area contributed by atoms with Gasteiger partial charge in [-0.15, -0.1) is 0 Å². The van der Waals surface area contributed by atoms with Crippen molar-refractivity contribution in [2.24, 2.45) is 0 Å². The Balaban J connectivity index is 1.97. The van der Waals surface area contributed by atoms with Gasteiger partial charge < -0.3 is 10.2 Å². The summed E-state index contributed by atoms with van der Waals surface area (Å²) in [6.07, 6.45) is 1.07. The molecule has 0 heterocycles. The molecule has 0 bridgehead atoms. The average Bonchev–Trinajstić information content (AvgIpc) is 2.83. The quantitative estimate of drug-likeness (QED) is 0.484. The summed E-state index contributed by atoms with van der Waals surface area (Å²) in [5.41, 5.74) is 3.28. The molecule has 0 aliphatic heterocycles. The van der Waals surface area contributed by atoms with Crippen molar-refractivity contribution >= 4 is 11.8 Å². The van der Waals surface area contributed by atoms with Gasteiger partial charge in [-0.2, -0.15) is 0 Å². The van der Waals surface area contributed by atoms with Gasteiger partial charge in [0.2, 0.25) is 11.8 Å². The van der Waals surface area contributed by atoms with Crippen LogP contribution in [0.2, 0.25) is 0 Å². The molecule has 3 aromatic carbocycles. The Bertz CT molecular complexity index is 1070. The zero-order valence-corrected chi connectivity index (χ0v) is 19.3. The predicted molar refractivity (Wildman–Crippen MR) is 129 cm³/mol. The Morgan fingerprint density at radius 3 is 2.21 bits per heavy atom. The van der Waals surface area contributed by atoms with Crippen LogP contribution >= 0.6 is 0 Å². The molecule has 0 aliphatic rings. The lowest BCUT2D eigenvalue weighted by Gasteiger charge is -2.32. The first-order valence-corrected chi connectivity index (χ1v) is 11.4. The highest BCUT2D eigenvalue weighted by Gasteiger charge is 2.30. The van der Waals surface area contributed by atoms with Crippen LogP contribution in [0, 0.1) is 12.7 Å². The van der Waals surface area contributed by atoms with Gasteiger partial charge in [-0.05, 0) is 41.7 Å². The lowest BCUT2D eigenvalue weighted by atomic mass is 10.0. The van der Waals surface area contributed by atoms with Crippen molar-refractivity contribution in [3.63, 3.8) is 0 Å². The van der Waals surface area contributed by atoms with Gasteiger partial charge in [-0.3, -0.25) is 9.59 Å². The fraction of sp³-hybridized carbons (Fsp3) is 0.286. The number of hydrogen-bond donors (Lipinski definition) is 1. The standard InChI is InChI=1S/C28H31FN2O2/c1-3-17-30-28(33)26(18-22-12-5-4-6-13-22)31(20-24-15-8-7-11-21(24)2)27(32)19-23-14-9-10-16-25(23)29/h4-16,26H,3,17-20H2,1-2H3,(H,30,33)/t26-/m1/s1. The van der Waals surface area contributed by atoms with Crippen LogP contribution in [0.25, 0.3) is 0 Å². The van der Waals surface area contributed by atoms with Crippen LogP contribution in [0.1, 0.15) is 35.6 Å². The van der Waals surface area contributed by atoms with Gasteiger partial charge in [0.1, 0.15) is 11.9 Å². The minimum absolute atomic E-state index is 0.106. The summed E-state index contributed by atoms with van der Waals surface area (Å²) < 4.78 is 14.3. The van der Waals surface area contributed by atoms with E-state index in [9.17, 15) is 14.0 Å². The molecule has 0 aliphatic carbocycles. The Labute approximate surface area is 195 Å². The van der Waals surface area contributed by atoms with Crippen LogP contribution in [0.4, 0.5) is 4.39 Å². The highest BCUT2D eigenvalue weighted by molar-refractivity contribution is 5.88. The van der Waals surface area contributed by atoms with E-state index in [2.05, 4.69) is 5.32 Å². The van der Waals surface area contributed by atoms with Crippen LogP contribution < -0.4 is 5.32 Å². The topological polar surface area (TPSA) is 49.4 Å². The molecule has 1 N–H and O–H groups in total. The number of nitrogens with zero attached hydrogens (tertiary/aromatic N) is 1. The molecular weight excluding hydrogens is 415 g/mol. The van der Waals surface area contributed by atoms with Crippen molar-refractivity contribution in [3.05, 3.63) is 107 Å². The van der Waals surface area contributed by atoms with E-state index in [-0.39, 0.29) is 24.8 Å². The van der Waals surface area contributed by atoms with Gasteiger partial charge >= 0.3 is 0 Å². The Morgan fingerprint density at radius 2 is 1.55 bits per heavy atom. The molecule has 1 atom stereocenters. The molecular formula is C28H31FN2O2. The Kier molecular flexibility index (Phi) is 8.76. The number of hydrogen-bond acceptors (Lipinski definition) is 2. The van der Waals surface area contributed by atoms with Gasteiger partial charge in [0.05, 0.1) is 6.42 Å². The third-order valence-corrected chi connectivity index (χ3v) is 5.72. The maximum absolute atomic E-state index is 14.3. The Hall–Kier alpha value is -3.47. The zero-order valence-electron chi connectivity index (χ0n) is 19.3. The smallest absolute Gasteiger partial charge is 0.243 e. The number of carbonyl (C=O) groups is 2. The molecule has 33 heavy (non-hydrogen) atoms. The predicted octanol–water partition coefficient (Wildman–Crippen LogP) is 4.84. The number of amides is 2. The van der Waals surface area contributed by atoms with E-state index < -0.39 is 11.9 Å². The van der Waals surface area contributed by atoms with E-state index in [1.165, 1.54) is 6.07 Å². The van der Waals surface area contributed by atoms with Gasteiger partial charge in [-0.25, -0.2) is 4.39 Å². The number of aryl methyl sites for hydroxylation is 1. The van der Waals surface area contributed by atoms with Crippen LogP contribution in [0.3, 0.4) is 0 Å².